The number of hydrogen-bond donors (Lipinski definition) is 1. The minimum Gasteiger partial charge on any atom is -0.478 e. The molecule has 1 heterocycles. The van der Waals surface area contributed by atoms with E-state index >= 15 is 0 Å². The first-order valence-corrected chi connectivity index (χ1v) is 7.59. The molecule has 1 aromatic heterocycles. The summed E-state index contributed by atoms with van der Waals surface area (Å²) in [7, 11) is 0. The average Bonchev–Trinajstić information content (AvgIpc) is 2.49. The zero-order chi connectivity index (χ0) is 17.0. The number of nitrogens with one attached hydrogen (secondary N) is 1. The molecule has 0 radical (unpaired) electrons. The number of ether oxygens (including phenoxy) is 1. The number of nitrogens with zero attached hydrogens (tertiary/aromatic N) is 1. The van der Waals surface area contributed by atoms with Crippen LogP contribution in [0.5, 0.6) is 5.88 Å². The van der Waals surface area contributed by atoms with Crippen molar-refractivity contribution < 1.29 is 13.9 Å². The fourth-order valence-electron chi connectivity index (χ4n) is 2.09. The van der Waals surface area contributed by atoms with Gasteiger partial charge in [0.2, 0.25) is 5.88 Å². The lowest BCUT2D eigenvalue weighted by molar-refractivity contribution is 0.0906. The Kier molecular flexibility index (Phi) is 5.21. The Morgan fingerprint density at radius 3 is 2.52 bits per heavy atom. The minimum atomic E-state index is -0.711. The molecule has 0 fully saturated rings. The van der Waals surface area contributed by atoms with Crippen molar-refractivity contribution in [2.24, 2.45) is 0 Å². The molecule has 0 bridgehead atoms. The van der Waals surface area contributed by atoms with Gasteiger partial charge in [0.05, 0.1) is 17.2 Å². The van der Waals surface area contributed by atoms with Crippen LogP contribution in [0.4, 0.5) is 4.39 Å². The molecule has 1 amide bonds. The van der Waals surface area contributed by atoms with Gasteiger partial charge in [-0.3, -0.25) is 4.79 Å². The summed E-state index contributed by atoms with van der Waals surface area (Å²) in [6, 6.07) is 9.13. The van der Waals surface area contributed by atoms with Crippen LogP contribution >= 0.6 is 11.6 Å². The number of halogens is 2. The van der Waals surface area contributed by atoms with Gasteiger partial charge in [-0.15, -0.1) is 0 Å². The average molecular weight is 337 g/mol. The Bertz CT molecular complexity index is 702. The van der Waals surface area contributed by atoms with E-state index < -0.39 is 11.4 Å². The molecule has 0 saturated carbocycles. The Morgan fingerprint density at radius 2 is 1.91 bits per heavy atom. The Hall–Kier alpha value is -2.14. The van der Waals surface area contributed by atoms with Gasteiger partial charge in [-0.25, -0.2) is 9.37 Å². The second kappa shape index (κ2) is 6.96. The highest BCUT2D eigenvalue weighted by atomic mass is 35.5. The summed E-state index contributed by atoms with van der Waals surface area (Å²) in [6.07, 6.45) is 0. The molecule has 4 nitrogen and oxygen atoms in total. The van der Waals surface area contributed by atoms with Crippen LogP contribution in [0.15, 0.2) is 36.4 Å². The summed E-state index contributed by atoms with van der Waals surface area (Å²) in [5.41, 5.74) is 0.148. The summed E-state index contributed by atoms with van der Waals surface area (Å²) < 4.78 is 18.3. The molecule has 0 saturated heterocycles. The quantitative estimate of drug-likeness (QED) is 0.899. The maximum Gasteiger partial charge on any atom is 0.272 e. The first-order chi connectivity index (χ1) is 10.8. The highest BCUT2D eigenvalue weighted by Gasteiger charge is 2.25. The first-order valence-electron chi connectivity index (χ1n) is 7.21. The van der Waals surface area contributed by atoms with Gasteiger partial charge in [0.25, 0.3) is 5.91 Å². The smallest absolute Gasteiger partial charge is 0.272 e. The molecule has 6 heteroatoms. The second-order valence-corrected chi connectivity index (χ2v) is 5.91. The van der Waals surface area contributed by atoms with E-state index in [-0.39, 0.29) is 16.5 Å². The molecule has 122 valence electrons. The molecule has 1 N–H and O–H groups in total. The molecule has 0 atom stereocenters. The highest BCUT2D eigenvalue weighted by Crippen LogP contribution is 2.23. The van der Waals surface area contributed by atoms with E-state index in [2.05, 4.69) is 10.3 Å². The lowest BCUT2D eigenvalue weighted by Gasteiger charge is -2.27. The number of benzene rings is 1. The minimum absolute atomic E-state index is 0.0906. The van der Waals surface area contributed by atoms with E-state index in [1.807, 2.05) is 20.8 Å². The van der Waals surface area contributed by atoms with Crippen LogP contribution in [0.2, 0.25) is 5.02 Å². The molecule has 0 aliphatic heterocycles. The van der Waals surface area contributed by atoms with Gasteiger partial charge in [-0.2, -0.15) is 0 Å². The predicted molar refractivity (Wildman–Crippen MR) is 87.3 cm³/mol. The third-order valence-corrected chi connectivity index (χ3v) is 3.62. The molecule has 23 heavy (non-hydrogen) atoms. The molecule has 1 aromatic carbocycles. The van der Waals surface area contributed by atoms with E-state index in [0.717, 1.165) is 5.56 Å². The van der Waals surface area contributed by atoms with Crippen molar-refractivity contribution in [2.75, 3.05) is 6.61 Å². The fourth-order valence-corrected chi connectivity index (χ4v) is 2.28. The van der Waals surface area contributed by atoms with Crippen LogP contribution in [0.25, 0.3) is 0 Å². The molecular weight excluding hydrogens is 319 g/mol. The molecular formula is C17H18ClFN2O2. The van der Waals surface area contributed by atoms with Crippen molar-refractivity contribution in [1.82, 2.24) is 10.3 Å². The summed E-state index contributed by atoms with van der Waals surface area (Å²) in [5, 5.41) is 3.09. The molecule has 0 spiro atoms. The topological polar surface area (TPSA) is 51.2 Å². The summed E-state index contributed by atoms with van der Waals surface area (Å²) in [4.78, 5) is 16.6. The number of carbonyl (C=O) groups excluding carboxylic acids is 1. The van der Waals surface area contributed by atoms with Gasteiger partial charge < -0.3 is 10.1 Å². The fraction of sp³-hybridized carbons (Fsp3) is 0.294. The zero-order valence-corrected chi connectivity index (χ0v) is 13.9. The van der Waals surface area contributed by atoms with Gasteiger partial charge >= 0.3 is 0 Å². The summed E-state index contributed by atoms with van der Waals surface area (Å²) in [5.74, 6) is -0.419. The van der Waals surface area contributed by atoms with E-state index in [1.165, 1.54) is 12.1 Å². The SMILES string of the molecule is CCOc1ccc(Cl)c(C(=O)NC(C)(C)c2ccc(F)cc2)n1. The molecule has 2 aromatic rings. The van der Waals surface area contributed by atoms with Crippen molar-refractivity contribution in [3.05, 3.63) is 58.5 Å². The monoisotopic (exact) mass is 336 g/mol. The number of hydrogen-bond acceptors (Lipinski definition) is 3. The van der Waals surface area contributed by atoms with Crippen molar-refractivity contribution in [2.45, 2.75) is 26.3 Å². The summed E-state index contributed by atoms with van der Waals surface area (Å²) >= 11 is 6.06. The number of carbonyl (C=O) groups is 1. The molecule has 0 unspecified atom stereocenters. The third kappa shape index (κ3) is 4.20. The van der Waals surface area contributed by atoms with Crippen LogP contribution < -0.4 is 10.1 Å². The van der Waals surface area contributed by atoms with Gasteiger partial charge in [0, 0.05) is 6.07 Å². The van der Waals surface area contributed by atoms with Crippen molar-refractivity contribution in [3.63, 3.8) is 0 Å². The molecule has 2 rings (SSSR count). The third-order valence-electron chi connectivity index (χ3n) is 3.32. The van der Waals surface area contributed by atoms with Crippen LogP contribution in [0, 0.1) is 5.82 Å². The second-order valence-electron chi connectivity index (χ2n) is 5.50. The predicted octanol–water partition coefficient (Wildman–Crippen LogP) is 3.94. The largest absolute Gasteiger partial charge is 0.478 e. The summed E-state index contributed by atoms with van der Waals surface area (Å²) in [6.45, 7) is 5.90. The van der Waals surface area contributed by atoms with Gasteiger partial charge in [-0.05, 0) is 44.5 Å². The molecule has 0 aliphatic carbocycles. The Labute approximate surface area is 139 Å². The maximum absolute atomic E-state index is 13.0. The lowest BCUT2D eigenvalue weighted by Crippen LogP contribution is -2.41. The molecule has 0 aliphatic rings. The van der Waals surface area contributed by atoms with Gasteiger partial charge in [0.15, 0.2) is 5.69 Å². The highest BCUT2D eigenvalue weighted by molar-refractivity contribution is 6.33. The van der Waals surface area contributed by atoms with E-state index in [9.17, 15) is 9.18 Å². The number of rotatable bonds is 5. The van der Waals surface area contributed by atoms with Crippen molar-refractivity contribution in [1.29, 1.82) is 0 Å². The van der Waals surface area contributed by atoms with Crippen LogP contribution in [0.1, 0.15) is 36.8 Å². The van der Waals surface area contributed by atoms with Gasteiger partial charge in [0.1, 0.15) is 5.82 Å². The standard InChI is InChI=1S/C17H18ClFN2O2/c1-4-23-14-10-9-13(18)15(20-14)16(22)21-17(2,3)11-5-7-12(19)8-6-11/h5-10H,4H2,1-3H3,(H,21,22). The maximum atomic E-state index is 13.0. The number of pyridine rings is 1. The Morgan fingerprint density at radius 1 is 1.26 bits per heavy atom. The van der Waals surface area contributed by atoms with Gasteiger partial charge in [-0.1, -0.05) is 23.7 Å². The van der Waals surface area contributed by atoms with E-state index in [0.29, 0.717) is 12.5 Å². The van der Waals surface area contributed by atoms with E-state index in [1.54, 1.807) is 24.3 Å². The lowest BCUT2D eigenvalue weighted by atomic mass is 9.94. The zero-order valence-electron chi connectivity index (χ0n) is 13.2. The number of amides is 1. The van der Waals surface area contributed by atoms with Crippen LogP contribution in [0.3, 0.4) is 0 Å². The van der Waals surface area contributed by atoms with Crippen molar-refractivity contribution in [3.8, 4) is 5.88 Å². The van der Waals surface area contributed by atoms with Crippen LogP contribution in [-0.4, -0.2) is 17.5 Å². The van der Waals surface area contributed by atoms with Crippen molar-refractivity contribution >= 4 is 17.5 Å². The normalized spacial score (nSPS) is 11.2. The Balaban J connectivity index is 2.23. The first kappa shape index (κ1) is 17.2. The number of aromatic nitrogens is 1. The van der Waals surface area contributed by atoms with E-state index in [4.69, 9.17) is 16.3 Å². The van der Waals surface area contributed by atoms with Crippen LogP contribution in [-0.2, 0) is 5.54 Å².